The zero-order valence-electron chi connectivity index (χ0n) is 17.8. The molecule has 0 spiro atoms. The van der Waals surface area contributed by atoms with E-state index in [0.29, 0.717) is 55.3 Å². The third-order valence-corrected chi connectivity index (χ3v) is 5.62. The molecule has 1 aliphatic heterocycles. The van der Waals surface area contributed by atoms with Crippen LogP contribution in [-0.2, 0) is 4.74 Å². The Balaban J connectivity index is 1.63. The van der Waals surface area contributed by atoms with Crippen molar-refractivity contribution >= 4 is 34.4 Å². The lowest BCUT2D eigenvalue weighted by Crippen LogP contribution is -2.25. The molecule has 1 saturated heterocycles. The van der Waals surface area contributed by atoms with Gasteiger partial charge in [-0.1, -0.05) is 18.2 Å². The lowest BCUT2D eigenvalue weighted by molar-refractivity contribution is 0.0708. The van der Waals surface area contributed by atoms with Gasteiger partial charge in [-0.15, -0.1) is 0 Å². The van der Waals surface area contributed by atoms with E-state index in [0.717, 1.165) is 5.69 Å². The highest BCUT2D eigenvalue weighted by atomic mass is 19.1. The Bertz CT molecular complexity index is 1270. The molecule has 7 nitrogen and oxygen atoms in total. The van der Waals surface area contributed by atoms with Gasteiger partial charge in [0.05, 0.1) is 6.20 Å². The van der Waals surface area contributed by atoms with Gasteiger partial charge < -0.3 is 15.0 Å². The van der Waals surface area contributed by atoms with Crippen LogP contribution in [0.25, 0.3) is 11.2 Å². The number of anilines is 4. The lowest BCUT2D eigenvalue weighted by Gasteiger charge is -2.28. The number of nitrogens with one attached hydrogen (secondary N) is 1. The molecule has 0 atom stereocenters. The molecule has 1 N–H and O–H groups in total. The van der Waals surface area contributed by atoms with Crippen molar-refractivity contribution in [1.82, 2.24) is 19.5 Å². The zero-order chi connectivity index (χ0) is 22.9. The second-order valence-electron chi connectivity index (χ2n) is 7.80. The third kappa shape index (κ3) is 4.09. The van der Waals surface area contributed by atoms with E-state index >= 15 is 0 Å². The Labute approximate surface area is 187 Å². The van der Waals surface area contributed by atoms with Crippen LogP contribution < -0.4 is 10.2 Å². The monoisotopic (exact) mass is 454 g/mol. The number of nitrogens with zero attached hydrogens (tertiary/aromatic N) is 5. The molecular weight excluding hydrogens is 433 g/mol. The van der Waals surface area contributed by atoms with Crippen LogP contribution in [0, 0.1) is 17.5 Å². The van der Waals surface area contributed by atoms with Crippen molar-refractivity contribution < 1.29 is 17.9 Å². The molecule has 0 radical (unpaired) electrons. The molecule has 3 heterocycles. The summed E-state index contributed by atoms with van der Waals surface area (Å²) in [6.45, 7) is 1.10. The molecule has 2 aromatic carbocycles. The number of halogens is 3. The molecule has 1 aliphatic rings. The summed E-state index contributed by atoms with van der Waals surface area (Å²) >= 11 is 0. The van der Waals surface area contributed by atoms with Gasteiger partial charge in [0.2, 0.25) is 11.9 Å². The number of hydrogen-bond donors (Lipinski definition) is 1. The standard InChI is InChI=1S/C23H21F3N6O/c1-31(20-17(25)11-14(24)12-18(20)26)23-29-19-13-27-22(28-15-5-3-2-4-6-15)30-21(19)32(23)16-7-9-33-10-8-16/h2-6,11-13,16H,7-10H2,1H3,(H,27,28,30). The predicted molar refractivity (Wildman–Crippen MR) is 119 cm³/mol. The van der Waals surface area contributed by atoms with Gasteiger partial charge in [-0.25, -0.2) is 23.1 Å². The van der Waals surface area contributed by atoms with Crippen molar-refractivity contribution in [2.45, 2.75) is 18.9 Å². The van der Waals surface area contributed by atoms with Gasteiger partial charge in [-0.2, -0.15) is 4.98 Å². The summed E-state index contributed by atoms with van der Waals surface area (Å²) in [6, 6.07) is 10.7. The molecule has 10 heteroatoms. The summed E-state index contributed by atoms with van der Waals surface area (Å²) in [4.78, 5) is 14.9. The van der Waals surface area contributed by atoms with Gasteiger partial charge in [0.15, 0.2) is 17.3 Å². The van der Waals surface area contributed by atoms with Gasteiger partial charge >= 0.3 is 0 Å². The van der Waals surface area contributed by atoms with Crippen LogP contribution >= 0.6 is 0 Å². The van der Waals surface area contributed by atoms with E-state index in [2.05, 4.69) is 20.3 Å². The van der Waals surface area contributed by atoms with Crippen molar-refractivity contribution in [3.05, 3.63) is 66.1 Å². The number of hydrogen-bond acceptors (Lipinski definition) is 6. The normalized spacial score (nSPS) is 14.5. The average Bonchev–Trinajstić information content (AvgIpc) is 3.18. The van der Waals surface area contributed by atoms with E-state index in [9.17, 15) is 13.2 Å². The Morgan fingerprint density at radius 1 is 1.03 bits per heavy atom. The van der Waals surface area contributed by atoms with Crippen LogP contribution in [0.1, 0.15) is 18.9 Å². The van der Waals surface area contributed by atoms with Crippen molar-refractivity contribution in [1.29, 1.82) is 0 Å². The third-order valence-electron chi connectivity index (χ3n) is 5.62. The maximum absolute atomic E-state index is 14.6. The Hall–Kier alpha value is -3.66. The van der Waals surface area contributed by atoms with Crippen molar-refractivity contribution in [3.63, 3.8) is 0 Å². The summed E-state index contributed by atoms with van der Waals surface area (Å²) in [5.74, 6) is -2.36. The SMILES string of the molecule is CN(c1c(F)cc(F)cc1F)c1nc2cnc(Nc3ccccc3)nc2n1C1CCOCC1. The molecular formula is C23H21F3N6O. The molecule has 0 bridgehead atoms. The van der Waals surface area contributed by atoms with Gasteiger partial charge in [0.1, 0.15) is 17.0 Å². The molecule has 0 unspecified atom stereocenters. The molecule has 5 rings (SSSR count). The second-order valence-corrected chi connectivity index (χ2v) is 7.80. The maximum atomic E-state index is 14.6. The Kier molecular flexibility index (Phi) is 5.59. The highest BCUT2D eigenvalue weighted by molar-refractivity contribution is 5.78. The largest absolute Gasteiger partial charge is 0.381 e. The summed E-state index contributed by atoms with van der Waals surface area (Å²) in [7, 11) is 1.49. The summed E-state index contributed by atoms with van der Waals surface area (Å²) < 4.78 is 50.0. The minimum absolute atomic E-state index is 0.0488. The van der Waals surface area contributed by atoms with Crippen LogP contribution in [0.15, 0.2) is 48.7 Å². The molecule has 1 fully saturated rings. The molecule has 33 heavy (non-hydrogen) atoms. The minimum Gasteiger partial charge on any atom is -0.381 e. The summed E-state index contributed by atoms with van der Waals surface area (Å²) in [5.41, 5.74) is 1.43. The van der Waals surface area contributed by atoms with E-state index in [1.54, 1.807) is 6.20 Å². The van der Waals surface area contributed by atoms with Crippen LogP contribution in [0.3, 0.4) is 0 Å². The quantitative estimate of drug-likeness (QED) is 0.452. The van der Waals surface area contributed by atoms with Crippen molar-refractivity contribution in [2.75, 3.05) is 30.5 Å². The van der Waals surface area contributed by atoms with Gasteiger partial charge in [0.25, 0.3) is 0 Å². The Morgan fingerprint density at radius 3 is 2.42 bits per heavy atom. The fourth-order valence-electron chi connectivity index (χ4n) is 4.06. The summed E-state index contributed by atoms with van der Waals surface area (Å²) in [6.07, 6.45) is 2.94. The summed E-state index contributed by atoms with van der Waals surface area (Å²) in [5, 5.41) is 3.16. The smallest absolute Gasteiger partial charge is 0.229 e. The molecule has 170 valence electrons. The van der Waals surface area contributed by atoms with E-state index < -0.39 is 23.1 Å². The van der Waals surface area contributed by atoms with Gasteiger partial charge in [-0.3, -0.25) is 4.57 Å². The van der Waals surface area contributed by atoms with E-state index in [1.165, 1.54) is 11.9 Å². The number of aromatic nitrogens is 4. The first kappa shape index (κ1) is 21.2. The first-order valence-corrected chi connectivity index (χ1v) is 10.5. The number of ether oxygens (including phenoxy) is 1. The van der Waals surface area contributed by atoms with Crippen LogP contribution in [-0.4, -0.2) is 39.8 Å². The number of imidazole rings is 1. The van der Waals surface area contributed by atoms with E-state index in [1.807, 2.05) is 34.9 Å². The van der Waals surface area contributed by atoms with Crippen molar-refractivity contribution in [3.8, 4) is 0 Å². The van der Waals surface area contributed by atoms with Crippen molar-refractivity contribution in [2.24, 2.45) is 0 Å². The first-order valence-electron chi connectivity index (χ1n) is 10.5. The van der Waals surface area contributed by atoms with Gasteiger partial charge in [-0.05, 0) is 25.0 Å². The lowest BCUT2D eigenvalue weighted by atomic mass is 10.1. The van der Waals surface area contributed by atoms with Crippen LogP contribution in [0.5, 0.6) is 0 Å². The van der Waals surface area contributed by atoms with Crippen LogP contribution in [0.2, 0.25) is 0 Å². The topological polar surface area (TPSA) is 68.1 Å². The minimum atomic E-state index is -1.02. The molecule has 0 amide bonds. The number of benzene rings is 2. The number of para-hydroxylation sites is 1. The first-order chi connectivity index (χ1) is 16.0. The van der Waals surface area contributed by atoms with E-state index in [4.69, 9.17) is 4.74 Å². The number of rotatable bonds is 5. The highest BCUT2D eigenvalue weighted by Crippen LogP contribution is 2.36. The zero-order valence-corrected chi connectivity index (χ0v) is 17.8. The molecule has 0 aliphatic carbocycles. The van der Waals surface area contributed by atoms with E-state index in [-0.39, 0.29) is 12.0 Å². The van der Waals surface area contributed by atoms with Gasteiger partial charge in [0, 0.05) is 44.1 Å². The molecule has 0 saturated carbocycles. The molecule has 2 aromatic heterocycles. The second kappa shape index (κ2) is 8.70. The van der Waals surface area contributed by atoms with Crippen LogP contribution in [0.4, 0.5) is 36.4 Å². The molecule has 4 aromatic rings. The Morgan fingerprint density at radius 2 is 1.73 bits per heavy atom. The average molecular weight is 454 g/mol. The fourth-order valence-corrected chi connectivity index (χ4v) is 4.06. The number of fused-ring (bicyclic) bond motifs is 1. The fraction of sp³-hybridized carbons (Fsp3) is 0.261. The highest BCUT2D eigenvalue weighted by Gasteiger charge is 2.28. The predicted octanol–water partition coefficient (Wildman–Crippen LogP) is 5.11. The maximum Gasteiger partial charge on any atom is 0.229 e.